The lowest BCUT2D eigenvalue weighted by atomic mass is 10.0. The summed E-state index contributed by atoms with van der Waals surface area (Å²) in [7, 11) is 1.81. The third-order valence-electron chi connectivity index (χ3n) is 5.97. The molecule has 174 valence electrons. The van der Waals surface area contributed by atoms with E-state index in [0.29, 0.717) is 34.8 Å². The minimum atomic E-state index is -0.355. The second-order valence-corrected chi connectivity index (χ2v) is 8.29. The number of nitrogens with zero attached hydrogens (tertiary/aromatic N) is 3. The number of likely N-dealkylation sites (N-methyl/N-ethyl adjacent to an activating group) is 1. The van der Waals surface area contributed by atoms with Gasteiger partial charge in [-0.05, 0) is 42.0 Å². The standard InChI is InChI=1S/C27H24N6O2/c1-17(18-8-12-28-13-9-18)26(34)32-22-16-19(10-14-29-22)24-25(30-20-6-4-3-5-7-20)23-21(31-24)11-15-33(2)27(23)35/h3-10,12-14,16,30-31H,1,11,15H2,2H3,(H,29,32,34). The van der Waals surface area contributed by atoms with Crippen LogP contribution < -0.4 is 10.6 Å². The van der Waals surface area contributed by atoms with Gasteiger partial charge in [-0.3, -0.25) is 14.6 Å². The number of hydrogen-bond donors (Lipinski definition) is 3. The summed E-state index contributed by atoms with van der Waals surface area (Å²) in [4.78, 5) is 39.3. The van der Waals surface area contributed by atoms with E-state index in [1.165, 1.54) is 0 Å². The molecule has 8 heteroatoms. The summed E-state index contributed by atoms with van der Waals surface area (Å²) in [6, 6.07) is 16.8. The van der Waals surface area contributed by atoms with Crippen molar-refractivity contribution in [3.63, 3.8) is 0 Å². The molecule has 0 fully saturated rings. The maximum Gasteiger partial charge on any atom is 0.257 e. The van der Waals surface area contributed by atoms with E-state index in [4.69, 9.17) is 0 Å². The molecule has 4 aromatic rings. The van der Waals surface area contributed by atoms with Gasteiger partial charge in [-0.25, -0.2) is 4.98 Å². The zero-order valence-electron chi connectivity index (χ0n) is 19.2. The number of aromatic amines is 1. The van der Waals surface area contributed by atoms with E-state index in [9.17, 15) is 9.59 Å². The smallest absolute Gasteiger partial charge is 0.257 e. The normalized spacial score (nSPS) is 12.7. The Hall–Kier alpha value is -4.72. The van der Waals surface area contributed by atoms with Crippen LogP contribution in [0.4, 0.5) is 17.2 Å². The zero-order valence-corrected chi connectivity index (χ0v) is 19.2. The van der Waals surface area contributed by atoms with Gasteiger partial charge >= 0.3 is 0 Å². The average molecular weight is 465 g/mol. The predicted octanol–water partition coefficient (Wildman–Crippen LogP) is 4.50. The first kappa shape index (κ1) is 22.1. The Balaban J connectivity index is 1.50. The number of amides is 2. The lowest BCUT2D eigenvalue weighted by molar-refractivity contribution is -0.111. The Kier molecular flexibility index (Phi) is 5.85. The molecule has 4 heterocycles. The number of H-pyrrole nitrogens is 1. The maximum absolute atomic E-state index is 13.1. The summed E-state index contributed by atoms with van der Waals surface area (Å²) < 4.78 is 0. The van der Waals surface area contributed by atoms with Gasteiger partial charge in [0.05, 0.1) is 16.9 Å². The van der Waals surface area contributed by atoms with Crippen LogP contribution in [0.3, 0.4) is 0 Å². The maximum atomic E-state index is 13.1. The van der Waals surface area contributed by atoms with Crippen LogP contribution >= 0.6 is 0 Å². The van der Waals surface area contributed by atoms with E-state index >= 15 is 0 Å². The number of fused-ring (bicyclic) bond motifs is 1. The van der Waals surface area contributed by atoms with E-state index < -0.39 is 0 Å². The largest absolute Gasteiger partial charge is 0.356 e. The molecular weight excluding hydrogens is 440 g/mol. The van der Waals surface area contributed by atoms with Crippen molar-refractivity contribution in [1.29, 1.82) is 0 Å². The van der Waals surface area contributed by atoms with E-state index in [-0.39, 0.29) is 11.8 Å². The van der Waals surface area contributed by atoms with Crippen LogP contribution in [0.1, 0.15) is 21.6 Å². The third kappa shape index (κ3) is 4.41. The molecule has 1 aliphatic rings. The highest BCUT2D eigenvalue weighted by molar-refractivity contribution is 6.24. The molecule has 0 atom stereocenters. The Morgan fingerprint density at radius 2 is 1.86 bits per heavy atom. The minimum absolute atomic E-state index is 0.0385. The van der Waals surface area contributed by atoms with Crippen molar-refractivity contribution in [2.24, 2.45) is 0 Å². The summed E-state index contributed by atoms with van der Waals surface area (Å²) in [5.41, 5.74) is 5.63. The Labute approximate surface area is 202 Å². The molecule has 0 saturated carbocycles. The number of anilines is 3. The first-order chi connectivity index (χ1) is 17.0. The molecule has 1 aliphatic heterocycles. The molecule has 2 amide bonds. The van der Waals surface area contributed by atoms with Crippen LogP contribution in [-0.2, 0) is 11.2 Å². The average Bonchev–Trinajstić information content (AvgIpc) is 3.26. The van der Waals surface area contributed by atoms with E-state index in [0.717, 1.165) is 29.1 Å². The topological polar surface area (TPSA) is 103 Å². The van der Waals surface area contributed by atoms with Crippen LogP contribution in [0.25, 0.3) is 16.8 Å². The van der Waals surface area contributed by atoms with E-state index in [1.807, 2.05) is 36.4 Å². The van der Waals surface area contributed by atoms with Crippen molar-refractivity contribution < 1.29 is 9.59 Å². The predicted molar refractivity (Wildman–Crippen MR) is 136 cm³/mol. The van der Waals surface area contributed by atoms with Crippen molar-refractivity contribution >= 4 is 34.6 Å². The number of nitrogens with one attached hydrogen (secondary N) is 3. The van der Waals surface area contributed by atoms with Crippen LogP contribution in [-0.4, -0.2) is 45.3 Å². The number of benzene rings is 1. The van der Waals surface area contributed by atoms with Crippen molar-refractivity contribution in [3.8, 4) is 11.3 Å². The lowest BCUT2D eigenvalue weighted by Gasteiger charge is -2.23. The number of carbonyl (C=O) groups excluding carboxylic acids is 2. The van der Waals surface area contributed by atoms with E-state index in [1.54, 1.807) is 48.7 Å². The molecule has 5 rings (SSSR count). The van der Waals surface area contributed by atoms with Crippen molar-refractivity contribution in [2.45, 2.75) is 6.42 Å². The monoisotopic (exact) mass is 464 g/mol. The van der Waals surface area contributed by atoms with Crippen LogP contribution in [0.15, 0.2) is 79.8 Å². The van der Waals surface area contributed by atoms with Crippen LogP contribution in [0.2, 0.25) is 0 Å². The first-order valence-electron chi connectivity index (χ1n) is 11.2. The van der Waals surface area contributed by atoms with Crippen molar-refractivity contribution in [3.05, 3.63) is 96.6 Å². The van der Waals surface area contributed by atoms with Gasteiger partial charge in [0, 0.05) is 61.1 Å². The quantitative estimate of drug-likeness (QED) is 0.365. The molecule has 35 heavy (non-hydrogen) atoms. The van der Waals surface area contributed by atoms with Gasteiger partial charge < -0.3 is 20.5 Å². The van der Waals surface area contributed by atoms with Crippen molar-refractivity contribution in [1.82, 2.24) is 19.9 Å². The van der Waals surface area contributed by atoms with Crippen LogP contribution in [0, 0.1) is 0 Å². The molecule has 0 spiro atoms. The fourth-order valence-corrected chi connectivity index (χ4v) is 4.08. The number of rotatable bonds is 6. The second-order valence-electron chi connectivity index (χ2n) is 8.29. The highest BCUT2D eigenvalue weighted by Crippen LogP contribution is 2.38. The minimum Gasteiger partial charge on any atom is -0.356 e. The lowest BCUT2D eigenvalue weighted by Crippen LogP contribution is -2.34. The van der Waals surface area contributed by atoms with Crippen molar-refractivity contribution in [2.75, 3.05) is 24.2 Å². The number of pyridine rings is 2. The van der Waals surface area contributed by atoms with E-state index in [2.05, 4.69) is 32.2 Å². The van der Waals surface area contributed by atoms with Gasteiger partial charge in [-0.1, -0.05) is 24.8 Å². The summed E-state index contributed by atoms with van der Waals surface area (Å²) in [6.45, 7) is 4.54. The summed E-state index contributed by atoms with van der Waals surface area (Å²) in [5, 5.41) is 6.24. The number of para-hydroxylation sites is 1. The Morgan fingerprint density at radius 3 is 2.63 bits per heavy atom. The molecule has 0 saturated heterocycles. The molecule has 0 aliphatic carbocycles. The Morgan fingerprint density at radius 1 is 1.09 bits per heavy atom. The van der Waals surface area contributed by atoms with Gasteiger partial charge in [-0.2, -0.15) is 0 Å². The van der Waals surface area contributed by atoms with Crippen LogP contribution in [0.5, 0.6) is 0 Å². The van der Waals surface area contributed by atoms with Gasteiger partial charge in [0.1, 0.15) is 5.82 Å². The van der Waals surface area contributed by atoms with Gasteiger partial charge in [0.25, 0.3) is 11.8 Å². The highest BCUT2D eigenvalue weighted by atomic mass is 16.2. The van der Waals surface area contributed by atoms with Gasteiger partial charge in [-0.15, -0.1) is 0 Å². The fourth-order valence-electron chi connectivity index (χ4n) is 4.08. The number of aromatic nitrogens is 3. The highest BCUT2D eigenvalue weighted by Gasteiger charge is 2.30. The molecule has 3 aromatic heterocycles. The van der Waals surface area contributed by atoms with Gasteiger partial charge in [0.2, 0.25) is 0 Å². The van der Waals surface area contributed by atoms with Gasteiger partial charge in [0.15, 0.2) is 0 Å². The number of hydrogen-bond acceptors (Lipinski definition) is 5. The SMILES string of the molecule is C=C(C(=O)Nc1cc(-c2[nH]c3c(c2Nc2ccccc2)C(=O)N(C)CC3)ccn1)c1ccncc1. The zero-order chi connectivity index (χ0) is 24.4. The summed E-state index contributed by atoms with van der Waals surface area (Å²) >= 11 is 0. The molecule has 3 N–H and O–H groups in total. The molecule has 0 radical (unpaired) electrons. The molecule has 0 unspecified atom stereocenters. The number of carbonyl (C=O) groups is 2. The summed E-state index contributed by atoms with van der Waals surface area (Å²) in [5.74, 6) is -0.0149. The molecule has 0 bridgehead atoms. The summed E-state index contributed by atoms with van der Waals surface area (Å²) in [6.07, 6.45) is 5.57. The molecule has 8 nitrogen and oxygen atoms in total. The Bertz CT molecular complexity index is 1410. The first-order valence-corrected chi connectivity index (χ1v) is 11.2. The third-order valence-corrected chi connectivity index (χ3v) is 5.97. The molecule has 1 aromatic carbocycles. The second kappa shape index (κ2) is 9.26. The molecular formula is C27H24N6O2. The fraction of sp³-hybridized carbons (Fsp3) is 0.111.